The summed E-state index contributed by atoms with van der Waals surface area (Å²) in [6, 6.07) is 65.3. The molecule has 0 nitrogen and oxygen atoms in total. The van der Waals surface area contributed by atoms with Crippen molar-refractivity contribution in [2.24, 2.45) is 5.92 Å². The highest BCUT2D eigenvalue weighted by Crippen LogP contribution is 2.66. The molecule has 64 heavy (non-hydrogen) atoms. The van der Waals surface area contributed by atoms with Gasteiger partial charge in [0.25, 0.3) is 0 Å². The van der Waals surface area contributed by atoms with E-state index < -0.39 is 21.3 Å². The van der Waals surface area contributed by atoms with Gasteiger partial charge in [0.15, 0.2) is 0 Å². The van der Waals surface area contributed by atoms with Gasteiger partial charge in [0.05, 0.1) is 5.41 Å². The molecule has 0 bridgehead atoms. The van der Waals surface area contributed by atoms with Crippen molar-refractivity contribution in [3.8, 4) is 0 Å². The van der Waals surface area contributed by atoms with Gasteiger partial charge in [-0.2, -0.15) is 0 Å². The van der Waals surface area contributed by atoms with Crippen LogP contribution in [-0.2, 0) is 10.8 Å². The maximum atomic E-state index is 2.75. The Morgan fingerprint density at radius 2 is 1.20 bits per heavy atom. The Balaban J connectivity index is 1.12. The van der Waals surface area contributed by atoms with Crippen molar-refractivity contribution in [3.63, 3.8) is 0 Å². The molecule has 4 atom stereocenters. The summed E-state index contributed by atoms with van der Waals surface area (Å²) >= 11 is 0. The lowest BCUT2D eigenvalue weighted by atomic mass is 9.62. The van der Waals surface area contributed by atoms with Gasteiger partial charge in [-0.3, -0.25) is 0 Å². The molecule has 5 aliphatic carbocycles. The van der Waals surface area contributed by atoms with Gasteiger partial charge in [-0.05, 0) is 129 Å². The summed E-state index contributed by atoms with van der Waals surface area (Å²) in [5.41, 5.74) is 11.4. The number of fused-ring (bicyclic) bond motifs is 8. The molecule has 310 valence electrons. The second kappa shape index (κ2) is 16.0. The topological polar surface area (TPSA) is 0 Å². The predicted octanol–water partition coefficient (Wildman–Crippen LogP) is 14.2. The van der Waals surface area contributed by atoms with Crippen LogP contribution in [0.1, 0.15) is 72.4 Å². The van der Waals surface area contributed by atoms with Crippen LogP contribution >= 0.6 is 15.8 Å². The van der Waals surface area contributed by atoms with Gasteiger partial charge in [-0.15, -0.1) is 0 Å². The molecule has 0 fully saturated rings. The first-order valence-corrected chi connectivity index (χ1v) is 25.9. The first kappa shape index (κ1) is 39.7. The molecule has 0 aliphatic heterocycles. The van der Waals surface area contributed by atoms with Crippen molar-refractivity contribution >= 4 is 53.4 Å². The third-order valence-electron chi connectivity index (χ3n) is 14.9. The second-order valence-electron chi connectivity index (χ2n) is 18.6. The summed E-state index contributed by atoms with van der Waals surface area (Å²) in [7, 11) is -1.42. The van der Waals surface area contributed by atoms with E-state index >= 15 is 0 Å². The molecule has 0 saturated heterocycles. The fraction of sp³-hybridized carbons (Fsp3) is 0.161. The van der Waals surface area contributed by atoms with Crippen molar-refractivity contribution in [1.29, 1.82) is 0 Å². The van der Waals surface area contributed by atoms with E-state index in [1.165, 1.54) is 81.8 Å². The first-order chi connectivity index (χ1) is 31.5. The van der Waals surface area contributed by atoms with E-state index in [0.717, 1.165) is 19.3 Å². The van der Waals surface area contributed by atoms with Crippen LogP contribution in [-0.4, -0.2) is 5.66 Å². The second-order valence-corrected chi connectivity index (χ2v) is 23.2. The molecule has 0 N–H and O–H groups in total. The molecule has 0 spiro atoms. The smallest absolute Gasteiger partial charge is 0.0526 e. The largest absolute Gasteiger partial charge is 0.0836 e. The Kier molecular flexibility index (Phi) is 9.90. The molecule has 0 aromatic heterocycles. The molecule has 7 aromatic carbocycles. The van der Waals surface area contributed by atoms with Crippen LogP contribution < -0.4 is 21.2 Å². The Hall–Kier alpha value is -5.90. The molecule has 0 radical (unpaired) electrons. The van der Waals surface area contributed by atoms with Gasteiger partial charge in [0.1, 0.15) is 0 Å². The van der Waals surface area contributed by atoms with E-state index in [1.807, 2.05) is 0 Å². The van der Waals surface area contributed by atoms with Crippen LogP contribution in [0.5, 0.6) is 0 Å². The third-order valence-corrected chi connectivity index (χ3v) is 20.1. The van der Waals surface area contributed by atoms with Gasteiger partial charge in [0.2, 0.25) is 0 Å². The summed E-state index contributed by atoms with van der Waals surface area (Å²) in [5.74, 6) is 0.328. The standard InChI is InChI=1S/C62H52P2/c1-61(2)55-39-49(63(45-27-13-5-14-28-45)46-29-15-6-16-30-46)37-38-50(55)53-40-57-54(41-56(53)61)60-52-36-22-21-35-51(52)59(64(47-31-17-7-18-32-47)48-33-19-8-20-34-48)42-58(60)62(57,43-23-9-3-10-24-43)44-25-11-4-12-26-44/h3-5,7-15,17-27,29-42,45,54,57H,6,16,28H2,1-2H3. The van der Waals surface area contributed by atoms with Crippen LogP contribution in [0, 0.1) is 5.92 Å². The van der Waals surface area contributed by atoms with Gasteiger partial charge in [0, 0.05) is 22.9 Å². The van der Waals surface area contributed by atoms with Crippen LogP contribution in [0.2, 0.25) is 0 Å². The monoisotopic (exact) mass is 858 g/mol. The molecule has 0 amide bonds. The lowest BCUT2D eigenvalue weighted by Gasteiger charge is -2.40. The van der Waals surface area contributed by atoms with Crippen molar-refractivity contribution in [2.45, 2.75) is 55.5 Å². The molecule has 0 heterocycles. The fourth-order valence-corrected chi connectivity index (χ4v) is 17.4. The lowest BCUT2D eigenvalue weighted by Crippen LogP contribution is -2.36. The molecular formula is C62H52P2. The Morgan fingerprint density at radius 1 is 0.562 bits per heavy atom. The zero-order chi connectivity index (χ0) is 42.8. The summed E-state index contributed by atoms with van der Waals surface area (Å²) in [6.45, 7) is 5.00. The molecule has 4 unspecified atom stereocenters. The normalized spacial score (nSPS) is 21.4. The third kappa shape index (κ3) is 6.17. The summed E-state index contributed by atoms with van der Waals surface area (Å²) < 4.78 is 0. The maximum Gasteiger partial charge on any atom is 0.0526 e. The minimum absolute atomic E-state index is 0.152. The van der Waals surface area contributed by atoms with Crippen LogP contribution in [0.15, 0.2) is 235 Å². The Bertz CT molecular complexity index is 3030. The molecule has 2 heteroatoms. The number of hydrogen-bond donors (Lipinski definition) is 0. The zero-order valence-electron chi connectivity index (χ0n) is 36.6. The molecular weight excluding hydrogens is 807 g/mol. The summed E-state index contributed by atoms with van der Waals surface area (Å²) in [5, 5.41) is 9.98. The fourth-order valence-electron chi connectivity index (χ4n) is 12.1. The van der Waals surface area contributed by atoms with Crippen molar-refractivity contribution in [1.82, 2.24) is 0 Å². The van der Waals surface area contributed by atoms with Gasteiger partial charge < -0.3 is 0 Å². The van der Waals surface area contributed by atoms with Crippen molar-refractivity contribution < 1.29 is 0 Å². The number of hydrogen-bond acceptors (Lipinski definition) is 0. The summed E-state index contributed by atoms with van der Waals surface area (Å²) in [6.07, 6.45) is 25.6. The van der Waals surface area contributed by atoms with E-state index in [-0.39, 0.29) is 17.3 Å². The van der Waals surface area contributed by atoms with Crippen LogP contribution in [0.4, 0.5) is 0 Å². The van der Waals surface area contributed by atoms with E-state index in [9.17, 15) is 0 Å². The molecule has 5 aliphatic rings. The zero-order valence-corrected chi connectivity index (χ0v) is 38.4. The molecule has 7 aromatic rings. The van der Waals surface area contributed by atoms with Gasteiger partial charge in [-0.25, -0.2) is 0 Å². The Morgan fingerprint density at radius 3 is 1.83 bits per heavy atom. The van der Waals surface area contributed by atoms with Crippen molar-refractivity contribution in [3.05, 3.63) is 269 Å². The van der Waals surface area contributed by atoms with Crippen molar-refractivity contribution in [2.75, 3.05) is 0 Å². The highest BCUT2D eigenvalue weighted by atomic mass is 31.1. The van der Waals surface area contributed by atoms with Crippen LogP contribution in [0.25, 0.3) is 16.3 Å². The maximum absolute atomic E-state index is 2.75. The van der Waals surface area contributed by atoms with Crippen LogP contribution in [0.3, 0.4) is 0 Å². The first-order valence-electron chi connectivity index (χ1n) is 23.2. The predicted molar refractivity (Wildman–Crippen MR) is 277 cm³/mol. The number of benzene rings is 7. The highest BCUT2D eigenvalue weighted by molar-refractivity contribution is 7.80. The number of allylic oxidation sites excluding steroid dienone is 12. The summed E-state index contributed by atoms with van der Waals surface area (Å²) in [4.78, 5) is 0. The average Bonchev–Trinajstić information content (AvgIpc) is 3.77. The van der Waals surface area contributed by atoms with E-state index in [4.69, 9.17) is 0 Å². The Labute approximate surface area is 381 Å². The highest BCUT2D eigenvalue weighted by Gasteiger charge is 2.56. The number of rotatable bonds is 8. The molecule has 0 saturated carbocycles. The minimum atomic E-state index is -0.877. The SMILES string of the molecule is CC1(C)C2=CC3c4c(cc(P(c5ccccc5)c5ccccc5)c5ccccc45)C(c4ccccc4)(c4ccccc4)C3C=C2c2ccc(P(C3=CCCC=C3)C3C=CC=CC3)cc21. The minimum Gasteiger partial charge on any atom is -0.0836 e. The van der Waals surface area contributed by atoms with E-state index in [0.29, 0.717) is 5.66 Å². The van der Waals surface area contributed by atoms with Gasteiger partial charge in [-0.1, -0.05) is 226 Å². The van der Waals surface area contributed by atoms with E-state index in [2.05, 4.69) is 238 Å². The van der Waals surface area contributed by atoms with E-state index in [1.54, 1.807) is 0 Å². The lowest BCUT2D eigenvalue weighted by molar-refractivity contribution is 0.454. The molecule has 12 rings (SSSR count). The quantitative estimate of drug-likeness (QED) is 0.134. The average molecular weight is 859 g/mol. The van der Waals surface area contributed by atoms with Gasteiger partial charge >= 0.3 is 0 Å².